The van der Waals surface area contributed by atoms with Gasteiger partial charge >= 0.3 is 5.97 Å². The Morgan fingerprint density at radius 3 is 2.09 bits per heavy atom. The predicted octanol–water partition coefficient (Wildman–Crippen LogP) is 4.80. The third-order valence-electron chi connectivity index (χ3n) is 5.09. The highest BCUT2D eigenvalue weighted by molar-refractivity contribution is 5.96. The zero-order chi connectivity index (χ0) is 24.3. The molecule has 2 amide bonds. The fourth-order valence-corrected chi connectivity index (χ4v) is 3.20. The van der Waals surface area contributed by atoms with Gasteiger partial charge in [-0.3, -0.25) is 9.59 Å². The van der Waals surface area contributed by atoms with Crippen molar-refractivity contribution >= 4 is 29.2 Å². The van der Waals surface area contributed by atoms with Crippen molar-refractivity contribution in [2.45, 2.75) is 26.3 Å². The first-order valence-corrected chi connectivity index (χ1v) is 11.2. The number of benzene rings is 3. The monoisotopic (exact) mass is 459 g/mol. The summed E-state index contributed by atoms with van der Waals surface area (Å²) in [6, 6.07) is 23.1. The number of anilines is 2. The van der Waals surface area contributed by atoms with E-state index in [0.717, 1.165) is 17.7 Å². The van der Waals surface area contributed by atoms with Crippen molar-refractivity contribution < 1.29 is 19.1 Å². The second-order valence-corrected chi connectivity index (χ2v) is 7.80. The minimum absolute atomic E-state index is 0.0525. The Kier molecular flexibility index (Phi) is 8.80. The summed E-state index contributed by atoms with van der Waals surface area (Å²) in [6.07, 6.45) is 0.760. The molecule has 1 unspecified atom stereocenters. The molecule has 7 nitrogen and oxygen atoms in total. The Morgan fingerprint density at radius 1 is 0.824 bits per heavy atom. The summed E-state index contributed by atoms with van der Waals surface area (Å²) in [5.41, 5.74) is 3.31. The van der Waals surface area contributed by atoms with Gasteiger partial charge in [0.2, 0.25) is 5.91 Å². The summed E-state index contributed by atoms with van der Waals surface area (Å²) in [6.45, 7) is 4.30. The predicted molar refractivity (Wildman–Crippen MR) is 133 cm³/mol. The Labute approximate surface area is 199 Å². The molecule has 3 aromatic carbocycles. The Bertz CT molecular complexity index is 1100. The van der Waals surface area contributed by atoms with Crippen molar-refractivity contribution in [1.29, 1.82) is 0 Å². The standard InChI is InChI=1S/C27H29N3O4/c1-3-17-34-27(33)22-11-15-24(16-12-22)30-25(31)18-28-23-13-9-21(10-14-23)26(32)29-19(2)20-7-5-4-6-8-20/h4-16,19,28H,3,17-18H2,1-2H3,(H,29,32)(H,30,31). The van der Waals surface area contributed by atoms with Gasteiger partial charge in [-0.1, -0.05) is 37.3 Å². The number of hydrogen-bond donors (Lipinski definition) is 3. The maximum absolute atomic E-state index is 12.5. The van der Waals surface area contributed by atoms with Crippen molar-refractivity contribution in [3.63, 3.8) is 0 Å². The van der Waals surface area contributed by atoms with Crippen LogP contribution in [-0.2, 0) is 9.53 Å². The maximum atomic E-state index is 12.5. The minimum Gasteiger partial charge on any atom is -0.462 e. The molecular weight excluding hydrogens is 430 g/mol. The SMILES string of the molecule is CCCOC(=O)c1ccc(NC(=O)CNc2ccc(C(=O)NC(C)c3ccccc3)cc2)cc1. The van der Waals surface area contributed by atoms with E-state index in [1.807, 2.05) is 44.2 Å². The van der Waals surface area contributed by atoms with E-state index in [0.29, 0.717) is 23.4 Å². The maximum Gasteiger partial charge on any atom is 0.338 e. The van der Waals surface area contributed by atoms with Crippen LogP contribution >= 0.6 is 0 Å². The average molecular weight is 460 g/mol. The lowest BCUT2D eigenvalue weighted by Gasteiger charge is -2.14. The van der Waals surface area contributed by atoms with Gasteiger partial charge in [0, 0.05) is 16.9 Å². The van der Waals surface area contributed by atoms with Gasteiger partial charge in [0.25, 0.3) is 5.91 Å². The minimum atomic E-state index is -0.381. The highest BCUT2D eigenvalue weighted by Crippen LogP contribution is 2.15. The van der Waals surface area contributed by atoms with Gasteiger partial charge in [0.1, 0.15) is 0 Å². The van der Waals surface area contributed by atoms with Crippen molar-refractivity contribution in [3.05, 3.63) is 95.6 Å². The van der Waals surface area contributed by atoms with Crippen molar-refractivity contribution in [1.82, 2.24) is 5.32 Å². The molecule has 0 saturated heterocycles. The van der Waals surface area contributed by atoms with Crippen LogP contribution in [0.2, 0.25) is 0 Å². The number of amides is 2. The number of nitrogens with one attached hydrogen (secondary N) is 3. The second-order valence-electron chi connectivity index (χ2n) is 7.80. The Balaban J connectivity index is 1.46. The molecule has 0 heterocycles. The van der Waals surface area contributed by atoms with Gasteiger partial charge in [-0.25, -0.2) is 4.79 Å². The second kappa shape index (κ2) is 12.2. The molecule has 176 valence electrons. The molecule has 3 N–H and O–H groups in total. The van der Waals surface area contributed by atoms with E-state index in [1.54, 1.807) is 48.5 Å². The van der Waals surface area contributed by atoms with Crippen LogP contribution in [0, 0.1) is 0 Å². The molecule has 0 aliphatic heterocycles. The largest absolute Gasteiger partial charge is 0.462 e. The van der Waals surface area contributed by atoms with Crippen LogP contribution in [0.15, 0.2) is 78.9 Å². The zero-order valence-electron chi connectivity index (χ0n) is 19.3. The Morgan fingerprint density at radius 2 is 1.44 bits per heavy atom. The summed E-state index contributed by atoms with van der Waals surface area (Å²) in [7, 11) is 0. The number of rotatable bonds is 10. The molecule has 7 heteroatoms. The summed E-state index contributed by atoms with van der Waals surface area (Å²) in [4.78, 5) is 36.6. The van der Waals surface area contributed by atoms with Gasteiger partial charge in [0.05, 0.1) is 24.8 Å². The molecule has 1 atom stereocenters. The normalized spacial score (nSPS) is 11.2. The number of esters is 1. The molecule has 34 heavy (non-hydrogen) atoms. The van der Waals surface area contributed by atoms with Crippen LogP contribution in [0.25, 0.3) is 0 Å². The lowest BCUT2D eigenvalue weighted by molar-refractivity contribution is -0.114. The third kappa shape index (κ3) is 7.20. The van der Waals surface area contributed by atoms with Gasteiger partial charge in [-0.05, 0) is 67.4 Å². The zero-order valence-corrected chi connectivity index (χ0v) is 19.3. The molecule has 0 aromatic heterocycles. The van der Waals surface area contributed by atoms with Crippen LogP contribution in [0.3, 0.4) is 0 Å². The molecular formula is C27H29N3O4. The van der Waals surface area contributed by atoms with E-state index in [-0.39, 0.29) is 30.4 Å². The molecule has 3 rings (SSSR count). The number of hydrogen-bond acceptors (Lipinski definition) is 5. The average Bonchev–Trinajstić information content (AvgIpc) is 2.87. The van der Waals surface area contributed by atoms with E-state index in [9.17, 15) is 14.4 Å². The molecule has 0 bridgehead atoms. The summed E-state index contributed by atoms with van der Waals surface area (Å²) < 4.78 is 5.09. The lowest BCUT2D eigenvalue weighted by atomic mass is 10.1. The summed E-state index contributed by atoms with van der Waals surface area (Å²) >= 11 is 0. The van der Waals surface area contributed by atoms with Gasteiger partial charge in [-0.15, -0.1) is 0 Å². The number of ether oxygens (including phenoxy) is 1. The van der Waals surface area contributed by atoms with E-state index < -0.39 is 0 Å². The lowest BCUT2D eigenvalue weighted by Crippen LogP contribution is -2.26. The molecule has 0 fully saturated rings. The van der Waals surface area contributed by atoms with Crippen LogP contribution in [0.5, 0.6) is 0 Å². The molecule has 0 saturated carbocycles. The van der Waals surface area contributed by atoms with Crippen molar-refractivity contribution in [2.24, 2.45) is 0 Å². The Hall–Kier alpha value is -4.13. The van der Waals surface area contributed by atoms with E-state index in [1.165, 1.54) is 0 Å². The van der Waals surface area contributed by atoms with E-state index in [2.05, 4.69) is 16.0 Å². The summed E-state index contributed by atoms with van der Waals surface area (Å²) in [5, 5.41) is 8.78. The number of carbonyl (C=O) groups is 3. The first kappa shape index (κ1) is 24.5. The van der Waals surface area contributed by atoms with Crippen molar-refractivity contribution in [3.8, 4) is 0 Å². The topological polar surface area (TPSA) is 96.5 Å². The van der Waals surface area contributed by atoms with Crippen LogP contribution in [0.4, 0.5) is 11.4 Å². The quantitative estimate of drug-likeness (QED) is 0.379. The highest BCUT2D eigenvalue weighted by Gasteiger charge is 2.12. The van der Waals surface area contributed by atoms with Crippen molar-refractivity contribution in [2.75, 3.05) is 23.8 Å². The molecule has 0 aliphatic carbocycles. The third-order valence-corrected chi connectivity index (χ3v) is 5.09. The first-order chi connectivity index (χ1) is 16.5. The number of carbonyl (C=O) groups excluding carboxylic acids is 3. The first-order valence-electron chi connectivity index (χ1n) is 11.2. The highest BCUT2D eigenvalue weighted by atomic mass is 16.5. The van der Waals surface area contributed by atoms with Crippen LogP contribution in [-0.4, -0.2) is 30.9 Å². The smallest absolute Gasteiger partial charge is 0.338 e. The summed E-state index contributed by atoms with van der Waals surface area (Å²) in [5.74, 6) is -0.782. The van der Waals surface area contributed by atoms with E-state index >= 15 is 0 Å². The van der Waals surface area contributed by atoms with E-state index in [4.69, 9.17) is 4.74 Å². The van der Waals surface area contributed by atoms with Gasteiger partial charge in [0.15, 0.2) is 0 Å². The molecule has 0 spiro atoms. The van der Waals surface area contributed by atoms with Gasteiger partial charge < -0.3 is 20.7 Å². The van der Waals surface area contributed by atoms with Crippen LogP contribution in [0.1, 0.15) is 52.6 Å². The molecule has 3 aromatic rings. The fourth-order valence-electron chi connectivity index (χ4n) is 3.20. The molecule has 0 radical (unpaired) electrons. The van der Waals surface area contributed by atoms with Crippen LogP contribution < -0.4 is 16.0 Å². The molecule has 0 aliphatic rings. The van der Waals surface area contributed by atoms with Gasteiger partial charge in [-0.2, -0.15) is 0 Å². The fraction of sp³-hybridized carbons (Fsp3) is 0.222.